The predicted molar refractivity (Wildman–Crippen MR) is 76.0 cm³/mol. The first kappa shape index (κ1) is 13.9. The molecule has 0 spiro atoms. The molecule has 2 aromatic rings. The van der Waals surface area contributed by atoms with Gasteiger partial charge in [0.2, 0.25) is 5.43 Å². The predicted octanol–water partition coefficient (Wildman–Crippen LogP) is 1.62. The summed E-state index contributed by atoms with van der Waals surface area (Å²) in [4.78, 5) is 26.2. The molecule has 2 rings (SSSR count). The standard InChI is InChI=1S/C15H16N2O3/c1-10-3-5-11(6-4-10)8-17-15(19)12-7-13(18)14(20-2)9-16-12/h3-7,9H,8H2,1-2H3,(H,16,18)(H,17,19). The molecule has 0 radical (unpaired) electrons. The Hall–Kier alpha value is -2.56. The van der Waals surface area contributed by atoms with Gasteiger partial charge < -0.3 is 15.0 Å². The Morgan fingerprint density at radius 1 is 1.30 bits per heavy atom. The molecule has 0 saturated carbocycles. The Balaban J connectivity index is 2.03. The maximum absolute atomic E-state index is 11.9. The quantitative estimate of drug-likeness (QED) is 0.888. The Morgan fingerprint density at radius 2 is 2.00 bits per heavy atom. The SMILES string of the molecule is COc1c[nH]c(C(=O)NCc2ccc(C)cc2)cc1=O. The molecular weight excluding hydrogens is 256 g/mol. The summed E-state index contributed by atoms with van der Waals surface area (Å²) >= 11 is 0. The average Bonchev–Trinajstić information content (AvgIpc) is 2.46. The maximum Gasteiger partial charge on any atom is 0.268 e. The number of benzene rings is 1. The fourth-order valence-corrected chi connectivity index (χ4v) is 1.73. The van der Waals surface area contributed by atoms with Crippen molar-refractivity contribution >= 4 is 5.91 Å². The number of carbonyl (C=O) groups excluding carboxylic acids is 1. The van der Waals surface area contributed by atoms with E-state index in [9.17, 15) is 9.59 Å². The second-order valence-corrected chi connectivity index (χ2v) is 4.45. The van der Waals surface area contributed by atoms with Crippen LogP contribution in [0.2, 0.25) is 0 Å². The number of H-pyrrole nitrogens is 1. The molecule has 0 aliphatic rings. The Kier molecular flexibility index (Phi) is 4.20. The van der Waals surface area contributed by atoms with Gasteiger partial charge in [0.1, 0.15) is 5.69 Å². The van der Waals surface area contributed by atoms with Gasteiger partial charge >= 0.3 is 0 Å². The maximum atomic E-state index is 11.9. The van der Waals surface area contributed by atoms with Crippen LogP contribution in [0.1, 0.15) is 21.6 Å². The monoisotopic (exact) mass is 272 g/mol. The number of aryl methyl sites for hydroxylation is 1. The number of nitrogens with one attached hydrogen (secondary N) is 2. The van der Waals surface area contributed by atoms with E-state index in [-0.39, 0.29) is 22.8 Å². The van der Waals surface area contributed by atoms with E-state index < -0.39 is 0 Å². The molecule has 1 heterocycles. The minimum Gasteiger partial charge on any atom is -0.491 e. The van der Waals surface area contributed by atoms with Crippen LogP contribution in [0.5, 0.6) is 5.75 Å². The molecule has 1 amide bonds. The van der Waals surface area contributed by atoms with Crippen molar-refractivity contribution in [3.63, 3.8) is 0 Å². The summed E-state index contributed by atoms with van der Waals surface area (Å²) in [6.45, 7) is 2.41. The third-order valence-electron chi connectivity index (χ3n) is 2.92. The van der Waals surface area contributed by atoms with E-state index in [0.29, 0.717) is 6.54 Å². The van der Waals surface area contributed by atoms with Crippen LogP contribution in [-0.4, -0.2) is 18.0 Å². The van der Waals surface area contributed by atoms with Gasteiger partial charge in [-0.15, -0.1) is 0 Å². The van der Waals surface area contributed by atoms with Gasteiger partial charge in [0.25, 0.3) is 5.91 Å². The van der Waals surface area contributed by atoms with Gasteiger partial charge in [-0.2, -0.15) is 0 Å². The Labute approximate surface area is 116 Å². The molecule has 2 N–H and O–H groups in total. The fraction of sp³-hybridized carbons (Fsp3) is 0.200. The molecule has 0 unspecified atom stereocenters. The lowest BCUT2D eigenvalue weighted by Crippen LogP contribution is -2.25. The first-order chi connectivity index (χ1) is 9.60. The van der Waals surface area contributed by atoms with E-state index in [2.05, 4.69) is 10.3 Å². The molecule has 5 heteroatoms. The van der Waals surface area contributed by atoms with Gasteiger partial charge in [-0.05, 0) is 12.5 Å². The lowest BCUT2D eigenvalue weighted by molar-refractivity contribution is 0.0945. The number of ether oxygens (including phenoxy) is 1. The lowest BCUT2D eigenvalue weighted by Gasteiger charge is -2.06. The summed E-state index contributed by atoms with van der Waals surface area (Å²) < 4.78 is 4.84. The van der Waals surface area contributed by atoms with Crippen molar-refractivity contribution < 1.29 is 9.53 Å². The van der Waals surface area contributed by atoms with Crippen LogP contribution in [-0.2, 0) is 6.54 Å². The molecule has 104 valence electrons. The summed E-state index contributed by atoms with van der Waals surface area (Å²) in [6.07, 6.45) is 1.38. The number of pyridine rings is 1. The number of carbonyl (C=O) groups is 1. The Bertz CT molecular complexity index is 660. The molecule has 0 aliphatic carbocycles. The van der Waals surface area contributed by atoms with Gasteiger partial charge in [0.15, 0.2) is 5.75 Å². The van der Waals surface area contributed by atoms with Crippen LogP contribution in [0.15, 0.2) is 41.3 Å². The zero-order chi connectivity index (χ0) is 14.5. The van der Waals surface area contributed by atoms with Crippen molar-refractivity contribution in [3.8, 4) is 5.75 Å². The highest BCUT2D eigenvalue weighted by Crippen LogP contribution is 2.04. The van der Waals surface area contributed by atoms with Crippen LogP contribution >= 0.6 is 0 Å². The normalized spacial score (nSPS) is 10.1. The fourth-order valence-electron chi connectivity index (χ4n) is 1.73. The van der Waals surface area contributed by atoms with Gasteiger partial charge in [0, 0.05) is 18.8 Å². The zero-order valence-electron chi connectivity index (χ0n) is 11.4. The van der Waals surface area contributed by atoms with Crippen molar-refractivity contribution in [2.75, 3.05) is 7.11 Å². The summed E-state index contributed by atoms with van der Waals surface area (Å²) in [7, 11) is 1.40. The molecule has 0 saturated heterocycles. The van der Waals surface area contributed by atoms with Crippen LogP contribution in [0.3, 0.4) is 0 Å². The van der Waals surface area contributed by atoms with Crippen molar-refractivity contribution in [2.24, 2.45) is 0 Å². The summed E-state index contributed by atoms with van der Waals surface area (Å²) in [5.74, 6) is -0.148. The minimum absolute atomic E-state index is 0.181. The van der Waals surface area contributed by atoms with E-state index in [1.807, 2.05) is 31.2 Å². The number of rotatable bonds is 4. The third-order valence-corrected chi connectivity index (χ3v) is 2.92. The number of hydrogen-bond donors (Lipinski definition) is 2. The van der Waals surface area contributed by atoms with E-state index in [4.69, 9.17) is 4.74 Å². The van der Waals surface area contributed by atoms with Gasteiger partial charge in [0.05, 0.1) is 7.11 Å². The van der Waals surface area contributed by atoms with E-state index in [0.717, 1.165) is 5.56 Å². The first-order valence-electron chi connectivity index (χ1n) is 6.20. The topological polar surface area (TPSA) is 71.2 Å². The van der Waals surface area contributed by atoms with Crippen LogP contribution in [0.25, 0.3) is 0 Å². The summed E-state index contributed by atoms with van der Waals surface area (Å²) in [5.41, 5.74) is 2.05. The third kappa shape index (κ3) is 3.26. The molecule has 0 atom stereocenters. The smallest absolute Gasteiger partial charge is 0.268 e. The second-order valence-electron chi connectivity index (χ2n) is 4.45. The van der Waals surface area contributed by atoms with E-state index in [1.54, 1.807) is 0 Å². The number of aromatic amines is 1. The summed E-state index contributed by atoms with van der Waals surface area (Å²) in [6, 6.07) is 9.09. The van der Waals surface area contributed by atoms with Crippen molar-refractivity contribution in [1.82, 2.24) is 10.3 Å². The second kappa shape index (κ2) is 6.06. The molecule has 0 fully saturated rings. The van der Waals surface area contributed by atoms with E-state index >= 15 is 0 Å². The average molecular weight is 272 g/mol. The van der Waals surface area contributed by atoms with Gasteiger partial charge in [-0.25, -0.2) is 0 Å². The van der Waals surface area contributed by atoms with E-state index in [1.165, 1.54) is 24.9 Å². The van der Waals surface area contributed by atoms with Crippen LogP contribution in [0, 0.1) is 6.92 Å². The molecule has 0 bridgehead atoms. The van der Waals surface area contributed by atoms with Gasteiger partial charge in [-0.1, -0.05) is 29.8 Å². The summed E-state index contributed by atoms with van der Waals surface area (Å²) in [5, 5.41) is 2.75. The Morgan fingerprint density at radius 3 is 2.60 bits per heavy atom. The van der Waals surface area contributed by atoms with Crippen molar-refractivity contribution in [3.05, 3.63) is 63.6 Å². The minimum atomic E-state index is -0.328. The molecule has 20 heavy (non-hydrogen) atoms. The van der Waals surface area contributed by atoms with Crippen LogP contribution in [0.4, 0.5) is 0 Å². The molecule has 1 aromatic carbocycles. The number of methoxy groups -OCH3 is 1. The zero-order valence-corrected chi connectivity index (χ0v) is 11.4. The highest BCUT2D eigenvalue weighted by atomic mass is 16.5. The molecule has 1 aromatic heterocycles. The largest absolute Gasteiger partial charge is 0.491 e. The highest BCUT2D eigenvalue weighted by molar-refractivity contribution is 5.92. The number of amides is 1. The molecular formula is C15H16N2O3. The first-order valence-corrected chi connectivity index (χ1v) is 6.20. The highest BCUT2D eigenvalue weighted by Gasteiger charge is 2.08. The lowest BCUT2D eigenvalue weighted by atomic mass is 10.1. The molecule has 5 nitrogen and oxygen atoms in total. The van der Waals surface area contributed by atoms with Crippen molar-refractivity contribution in [1.29, 1.82) is 0 Å². The number of hydrogen-bond acceptors (Lipinski definition) is 3. The number of aromatic nitrogens is 1. The van der Waals surface area contributed by atoms with Gasteiger partial charge in [-0.3, -0.25) is 9.59 Å². The van der Waals surface area contributed by atoms with Crippen molar-refractivity contribution in [2.45, 2.75) is 13.5 Å². The molecule has 0 aliphatic heterocycles. The van der Waals surface area contributed by atoms with Crippen LogP contribution < -0.4 is 15.5 Å².